The Hall–Kier alpha value is -6.07. The molecule has 0 amide bonds. The molecule has 9 aromatic rings. The summed E-state index contributed by atoms with van der Waals surface area (Å²) in [6.45, 7) is 0. The van der Waals surface area contributed by atoms with Gasteiger partial charge in [-0.2, -0.15) is 0 Å². The summed E-state index contributed by atoms with van der Waals surface area (Å²) >= 11 is 0. The zero-order valence-electron chi connectivity index (χ0n) is 23.6. The highest BCUT2D eigenvalue weighted by atomic mass is 15.0. The highest BCUT2D eigenvalue weighted by molar-refractivity contribution is 6.22. The molecular weight excluding hydrogens is 538 g/mol. The Morgan fingerprint density at radius 3 is 1.73 bits per heavy atom. The molecule has 0 bridgehead atoms. The average molecular weight is 564 g/mol. The van der Waals surface area contributed by atoms with Crippen molar-refractivity contribution in [2.75, 3.05) is 0 Å². The number of rotatable bonds is 4. The molecule has 6 aromatic carbocycles. The SMILES string of the molecule is c1ccc(-c2nc(-c3ccccc3)nc(-c3cccc(-n4c5ccccc5c5ccc6c7ccccc7[nH]c6c54)c3)n2)cc1. The molecule has 0 fully saturated rings. The number of aromatic nitrogens is 5. The van der Waals surface area contributed by atoms with Crippen LogP contribution in [0.2, 0.25) is 0 Å². The number of para-hydroxylation sites is 2. The van der Waals surface area contributed by atoms with Gasteiger partial charge in [0.15, 0.2) is 17.5 Å². The minimum Gasteiger partial charge on any atom is -0.353 e. The lowest BCUT2D eigenvalue weighted by molar-refractivity contribution is 1.07. The van der Waals surface area contributed by atoms with E-state index in [1.807, 2.05) is 60.7 Å². The zero-order valence-corrected chi connectivity index (χ0v) is 23.6. The van der Waals surface area contributed by atoms with Gasteiger partial charge in [0.2, 0.25) is 0 Å². The number of aromatic amines is 1. The van der Waals surface area contributed by atoms with Gasteiger partial charge >= 0.3 is 0 Å². The van der Waals surface area contributed by atoms with E-state index in [0.717, 1.165) is 44.4 Å². The van der Waals surface area contributed by atoms with Gasteiger partial charge in [-0.05, 0) is 24.3 Å². The van der Waals surface area contributed by atoms with Crippen molar-refractivity contribution in [2.45, 2.75) is 0 Å². The molecule has 5 heteroatoms. The van der Waals surface area contributed by atoms with Gasteiger partial charge in [-0.25, -0.2) is 15.0 Å². The van der Waals surface area contributed by atoms with Gasteiger partial charge in [-0.1, -0.05) is 121 Å². The third-order valence-corrected chi connectivity index (χ3v) is 8.38. The summed E-state index contributed by atoms with van der Waals surface area (Å²) in [5, 5.41) is 4.86. The molecule has 0 spiro atoms. The Balaban J connectivity index is 1.30. The van der Waals surface area contributed by atoms with Crippen molar-refractivity contribution in [3.8, 4) is 39.9 Å². The molecule has 0 saturated carbocycles. The van der Waals surface area contributed by atoms with E-state index >= 15 is 0 Å². The lowest BCUT2D eigenvalue weighted by Crippen LogP contribution is -2.01. The first-order valence-electron chi connectivity index (χ1n) is 14.7. The van der Waals surface area contributed by atoms with E-state index in [2.05, 4.69) is 94.5 Å². The number of fused-ring (bicyclic) bond motifs is 7. The van der Waals surface area contributed by atoms with Gasteiger partial charge in [-0.3, -0.25) is 0 Å². The zero-order chi connectivity index (χ0) is 29.0. The van der Waals surface area contributed by atoms with Gasteiger partial charge < -0.3 is 9.55 Å². The maximum atomic E-state index is 4.99. The highest BCUT2D eigenvalue weighted by Crippen LogP contribution is 2.39. The molecular formula is C39H25N5. The Kier molecular flexibility index (Phi) is 5.43. The van der Waals surface area contributed by atoms with Crippen molar-refractivity contribution in [3.63, 3.8) is 0 Å². The van der Waals surface area contributed by atoms with Crippen LogP contribution in [0, 0.1) is 0 Å². The molecule has 1 N–H and O–H groups in total. The van der Waals surface area contributed by atoms with Crippen LogP contribution in [0.3, 0.4) is 0 Å². The summed E-state index contributed by atoms with van der Waals surface area (Å²) in [6.07, 6.45) is 0. The molecule has 206 valence electrons. The molecule has 5 nitrogen and oxygen atoms in total. The fraction of sp³-hybridized carbons (Fsp3) is 0. The van der Waals surface area contributed by atoms with Gasteiger partial charge in [0, 0.05) is 49.4 Å². The third-order valence-electron chi connectivity index (χ3n) is 8.38. The molecule has 0 radical (unpaired) electrons. The van der Waals surface area contributed by atoms with E-state index in [1.54, 1.807) is 0 Å². The second-order valence-corrected chi connectivity index (χ2v) is 11.0. The van der Waals surface area contributed by atoms with Crippen LogP contribution in [-0.2, 0) is 0 Å². The molecule has 9 rings (SSSR count). The molecule has 0 aliphatic carbocycles. The highest BCUT2D eigenvalue weighted by Gasteiger charge is 2.18. The van der Waals surface area contributed by atoms with Crippen LogP contribution in [0.15, 0.2) is 146 Å². The molecule has 0 saturated heterocycles. The molecule has 0 unspecified atom stereocenters. The van der Waals surface area contributed by atoms with E-state index < -0.39 is 0 Å². The molecule has 0 aliphatic heterocycles. The Morgan fingerprint density at radius 2 is 1.00 bits per heavy atom. The monoisotopic (exact) mass is 563 g/mol. The third kappa shape index (κ3) is 3.83. The maximum Gasteiger partial charge on any atom is 0.164 e. The predicted molar refractivity (Wildman–Crippen MR) is 180 cm³/mol. The number of nitrogens with one attached hydrogen (secondary N) is 1. The van der Waals surface area contributed by atoms with Crippen molar-refractivity contribution >= 4 is 43.6 Å². The number of H-pyrrole nitrogens is 1. The van der Waals surface area contributed by atoms with Crippen molar-refractivity contribution < 1.29 is 0 Å². The van der Waals surface area contributed by atoms with Crippen LogP contribution < -0.4 is 0 Å². The second-order valence-electron chi connectivity index (χ2n) is 11.0. The van der Waals surface area contributed by atoms with Crippen molar-refractivity contribution in [2.24, 2.45) is 0 Å². The first-order valence-corrected chi connectivity index (χ1v) is 14.7. The molecule has 0 atom stereocenters. The molecule has 44 heavy (non-hydrogen) atoms. The minimum atomic E-state index is 0.635. The average Bonchev–Trinajstić information content (AvgIpc) is 3.65. The van der Waals surface area contributed by atoms with Crippen LogP contribution in [-0.4, -0.2) is 24.5 Å². The summed E-state index contributed by atoms with van der Waals surface area (Å²) in [5.74, 6) is 1.93. The summed E-state index contributed by atoms with van der Waals surface area (Å²) in [6, 6.07) is 50.3. The summed E-state index contributed by atoms with van der Waals surface area (Å²) in [4.78, 5) is 18.6. The van der Waals surface area contributed by atoms with Crippen LogP contribution in [0.4, 0.5) is 0 Å². The Morgan fingerprint density at radius 1 is 0.432 bits per heavy atom. The number of hydrogen-bond donors (Lipinski definition) is 1. The van der Waals surface area contributed by atoms with Crippen LogP contribution in [0.1, 0.15) is 0 Å². The summed E-state index contributed by atoms with van der Waals surface area (Å²) in [5.41, 5.74) is 8.44. The van der Waals surface area contributed by atoms with E-state index in [-0.39, 0.29) is 0 Å². The van der Waals surface area contributed by atoms with Crippen molar-refractivity contribution in [1.29, 1.82) is 0 Å². The van der Waals surface area contributed by atoms with E-state index in [9.17, 15) is 0 Å². The van der Waals surface area contributed by atoms with Crippen LogP contribution in [0.5, 0.6) is 0 Å². The standard InChI is InChI=1S/C39H25N5/c1-3-12-25(13-4-1)37-41-38(26-14-5-2-6-15-26)43-39(42-37)27-16-11-17-28(24-27)44-34-21-10-8-19-30(34)32-23-22-31-29-18-7-9-20-33(29)40-35(31)36(32)44/h1-24,40H. The maximum absolute atomic E-state index is 4.99. The minimum absolute atomic E-state index is 0.635. The van der Waals surface area contributed by atoms with E-state index in [0.29, 0.717) is 17.5 Å². The summed E-state index contributed by atoms with van der Waals surface area (Å²) in [7, 11) is 0. The quantitative estimate of drug-likeness (QED) is 0.232. The van der Waals surface area contributed by atoms with Gasteiger partial charge in [0.1, 0.15) is 0 Å². The van der Waals surface area contributed by atoms with Gasteiger partial charge in [0.05, 0.1) is 16.6 Å². The lowest BCUT2D eigenvalue weighted by Gasteiger charge is -2.12. The Labute approximate surface area is 253 Å². The van der Waals surface area contributed by atoms with Crippen LogP contribution in [0.25, 0.3) is 83.5 Å². The second kappa shape index (κ2) is 9.75. The normalized spacial score (nSPS) is 11.6. The van der Waals surface area contributed by atoms with Crippen molar-refractivity contribution in [3.05, 3.63) is 146 Å². The number of hydrogen-bond acceptors (Lipinski definition) is 3. The predicted octanol–water partition coefficient (Wildman–Crippen LogP) is 9.60. The topological polar surface area (TPSA) is 59.4 Å². The summed E-state index contributed by atoms with van der Waals surface area (Å²) < 4.78 is 2.36. The first-order chi connectivity index (χ1) is 21.8. The Bertz CT molecular complexity index is 2430. The molecule has 3 heterocycles. The fourth-order valence-electron chi connectivity index (χ4n) is 6.36. The molecule has 0 aliphatic rings. The number of nitrogens with zero attached hydrogens (tertiary/aromatic N) is 4. The lowest BCUT2D eigenvalue weighted by atomic mass is 10.1. The van der Waals surface area contributed by atoms with E-state index in [4.69, 9.17) is 15.0 Å². The number of benzene rings is 6. The van der Waals surface area contributed by atoms with Gasteiger partial charge in [0.25, 0.3) is 0 Å². The first kappa shape index (κ1) is 24.5. The van der Waals surface area contributed by atoms with Gasteiger partial charge in [-0.15, -0.1) is 0 Å². The largest absolute Gasteiger partial charge is 0.353 e. The van der Waals surface area contributed by atoms with Crippen molar-refractivity contribution in [1.82, 2.24) is 24.5 Å². The smallest absolute Gasteiger partial charge is 0.164 e. The molecule has 3 aromatic heterocycles. The van der Waals surface area contributed by atoms with E-state index in [1.165, 1.54) is 21.5 Å². The van der Waals surface area contributed by atoms with Crippen LogP contribution >= 0.6 is 0 Å². The fourth-order valence-corrected chi connectivity index (χ4v) is 6.36.